The van der Waals surface area contributed by atoms with Crippen LogP contribution in [0.1, 0.15) is 21.9 Å². The van der Waals surface area contributed by atoms with Gasteiger partial charge < -0.3 is 18.6 Å². The average Bonchev–Trinajstić information content (AvgIpc) is 3.07. The molecule has 1 aliphatic heterocycles. The molecule has 0 spiro atoms. The minimum Gasteiger partial charge on any atom is -0.492 e. The highest BCUT2D eigenvalue weighted by molar-refractivity contribution is 6.30. The maximum atomic E-state index is 12.2. The fraction of sp³-hybridized carbons (Fsp3) is 0.294. The molecule has 0 aliphatic carbocycles. The van der Waals surface area contributed by atoms with E-state index in [1.54, 1.807) is 24.3 Å². The van der Waals surface area contributed by atoms with Crippen molar-refractivity contribution in [3.63, 3.8) is 0 Å². The van der Waals surface area contributed by atoms with Crippen molar-refractivity contribution in [3.8, 4) is 5.75 Å². The van der Waals surface area contributed by atoms with Gasteiger partial charge in [-0.1, -0.05) is 11.6 Å². The quantitative estimate of drug-likeness (QED) is 0.789. The van der Waals surface area contributed by atoms with Crippen LogP contribution in [0.5, 0.6) is 5.75 Å². The van der Waals surface area contributed by atoms with Crippen molar-refractivity contribution in [2.24, 2.45) is 5.92 Å². The second kappa shape index (κ2) is 6.97. The smallest absolute Gasteiger partial charge is 0.373 e. The summed E-state index contributed by atoms with van der Waals surface area (Å²) in [6.07, 6.45) is 0.500. The molecule has 1 aromatic heterocycles. The Bertz CT molecular complexity index is 766. The molecule has 0 fully saturated rings. The summed E-state index contributed by atoms with van der Waals surface area (Å²) in [5, 5.41) is 0.595. The Hall–Kier alpha value is -2.47. The van der Waals surface area contributed by atoms with Crippen molar-refractivity contribution < 1.29 is 28.2 Å². The molecule has 126 valence electrons. The highest BCUT2D eigenvalue weighted by atomic mass is 35.5. The second-order valence-corrected chi connectivity index (χ2v) is 5.77. The van der Waals surface area contributed by atoms with Crippen LogP contribution in [0.2, 0.25) is 5.02 Å². The van der Waals surface area contributed by atoms with Crippen LogP contribution in [-0.2, 0) is 27.3 Å². The molecule has 0 saturated carbocycles. The number of carbonyl (C=O) groups is 2. The molecule has 1 aromatic carbocycles. The molecule has 1 atom stereocenters. The number of methoxy groups -OCH3 is 1. The Morgan fingerprint density at radius 3 is 2.92 bits per heavy atom. The molecule has 0 saturated heterocycles. The summed E-state index contributed by atoms with van der Waals surface area (Å²) in [5.74, 6) is -0.223. The van der Waals surface area contributed by atoms with Crippen molar-refractivity contribution in [1.29, 1.82) is 0 Å². The number of fused-ring (bicyclic) bond motifs is 1. The van der Waals surface area contributed by atoms with E-state index in [0.29, 0.717) is 17.2 Å². The first-order chi connectivity index (χ1) is 11.6. The van der Waals surface area contributed by atoms with E-state index in [4.69, 9.17) is 25.5 Å². The lowest BCUT2D eigenvalue weighted by molar-refractivity contribution is -0.151. The van der Waals surface area contributed by atoms with Crippen molar-refractivity contribution in [2.45, 2.75) is 13.0 Å². The predicted molar refractivity (Wildman–Crippen MR) is 84.0 cm³/mol. The topological polar surface area (TPSA) is 75.0 Å². The molecular weight excluding hydrogens is 336 g/mol. The summed E-state index contributed by atoms with van der Waals surface area (Å²) >= 11 is 5.96. The minimum atomic E-state index is -0.582. The molecule has 1 aliphatic rings. The van der Waals surface area contributed by atoms with E-state index in [-0.39, 0.29) is 19.0 Å². The van der Waals surface area contributed by atoms with E-state index >= 15 is 0 Å². The van der Waals surface area contributed by atoms with E-state index < -0.39 is 17.9 Å². The molecule has 2 heterocycles. The summed E-state index contributed by atoms with van der Waals surface area (Å²) in [6, 6.07) is 8.35. The fourth-order valence-electron chi connectivity index (χ4n) is 2.44. The van der Waals surface area contributed by atoms with Gasteiger partial charge in [0.15, 0.2) is 0 Å². The molecule has 2 aromatic rings. The Morgan fingerprint density at radius 1 is 1.29 bits per heavy atom. The van der Waals surface area contributed by atoms with Gasteiger partial charge in [0.1, 0.15) is 24.7 Å². The summed E-state index contributed by atoms with van der Waals surface area (Å²) in [4.78, 5) is 23.5. The lowest BCUT2D eigenvalue weighted by atomic mass is 9.97. The molecule has 7 heteroatoms. The van der Waals surface area contributed by atoms with Gasteiger partial charge in [-0.05, 0) is 42.3 Å². The van der Waals surface area contributed by atoms with Crippen molar-refractivity contribution >= 4 is 23.5 Å². The first-order valence-corrected chi connectivity index (χ1v) is 7.69. The van der Waals surface area contributed by atoms with Gasteiger partial charge in [-0.3, -0.25) is 4.79 Å². The maximum Gasteiger partial charge on any atom is 0.373 e. The molecule has 6 nitrogen and oxygen atoms in total. The molecule has 0 N–H and O–H groups in total. The average molecular weight is 351 g/mol. The zero-order chi connectivity index (χ0) is 17.1. The number of hydrogen-bond acceptors (Lipinski definition) is 6. The van der Waals surface area contributed by atoms with Gasteiger partial charge in [0, 0.05) is 5.02 Å². The van der Waals surface area contributed by atoms with Crippen LogP contribution in [0.3, 0.4) is 0 Å². The number of furan rings is 1. The number of esters is 2. The zero-order valence-corrected chi connectivity index (χ0v) is 13.7. The molecule has 0 radical (unpaired) electrons. The number of carbonyl (C=O) groups excluding carboxylic acids is 2. The molecule has 0 bridgehead atoms. The van der Waals surface area contributed by atoms with E-state index in [2.05, 4.69) is 4.74 Å². The molecule has 0 amide bonds. The van der Waals surface area contributed by atoms with Crippen molar-refractivity contribution in [3.05, 3.63) is 52.4 Å². The monoisotopic (exact) mass is 350 g/mol. The number of rotatable bonds is 4. The van der Waals surface area contributed by atoms with Gasteiger partial charge in [-0.15, -0.1) is 0 Å². The van der Waals surface area contributed by atoms with E-state index in [1.807, 2.05) is 0 Å². The van der Waals surface area contributed by atoms with Gasteiger partial charge in [0.25, 0.3) is 0 Å². The SMILES string of the molecule is COC(=O)c1ccc(COC(=O)C2COc3ccc(Cl)cc3C2)o1. The van der Waals surface area contributed by atoms with E-state index in [1.165, 1.54) is 13.2 Å². The number of halogens is 1. The zero-order valence-electron chi connectivity index (χ0n) is 12.9. The highest BCUT2D eigenvalue weighted by Gasteiger charge is 2.27. The molecule has 1 unspecified atom stereocenters. The van der Waals surface area contributed by atoms with Crippen LogP contribution in [0, 0.1) is 5.92 Å². The third kappa shape index (κ3) is 3.54. The van der Waals surface area contributed by atoms with Crippen molar-refractivity contribution in [1.82, 2.24) is 0 Å². The lowest BCUT2D eigenvalue weighted by Crippen LogP contribution is -2.29. The van der Waals surface area contributed by atoms with Gasteiger partial charge in [0.2, 0.25) is 5.76 Å². The fourth-order valence-corrected chi connectivity index (χ4v) is 2.64. The van der Waals surface area contributed by atoms with Crippen LogP contribution < -0.4 is 4.74 Å². The lowest BCUT2D eigenvalue weighted by Gasteiger charge is -2.24. The summed E-state index contributed by atoms with van der Waals surface area (Å²) < 4.78 is 20.6. The Balaban J connectivity index is 1.58. The molecule has 24 heavy (non-hydrogen) atoms. The number of hydrogen-bond donors (Lipinski definition) is 0. The predicted octanol–water partition coefficient (Wildman–Crippen LogP) is 3.01. The number of benzene rings is 1. The normalized spacial score (nSPS) is 16.0. The van der Waals surface area contributed by atoms with Crippen LogP contribution in [0.15, 0.2) is 34.7 Å². The Labute approximate surface area is 143 Å². The van der Waals surface area contributed by atoms with Gasteiger partial charge in [0.05, 0.1) is 13.0 Å². The van der Waals surface area contributed by atoms with Gasteiger partial charge in [-0.25, -0.2) is 4.79 Å². The molecular formula is C17H15ClO6. The van der Waals surface area contributed by atoms with E-state index in [9.17, 15) is 9.59 Å². The Morgan fingerprint density at radius 2 is 2.12 bits per heavy atom. The number of ether oxygens (including phenoxy) is 3. The summed E-state index contributed by atoms with van der Waals surface area (Å²) in [5.41, 5.74) is 0.877. The standard InChI is InChI=1S/C17H15ClO6/c1-21-17(20)15-5-3-13(24-15)9-23-16(19)11-6-10-7-12(18)2-4-14(10)22-8-11/h2-5,7,11H,6,8-9H2,1H3. The maximum absolute atomic E-state index is 12.2. The molecule has 3 rings (SSSR count). The first kappa shape index (κ1) is 16.4. The van der Waals surface area contributed by atoms with Crippen LogP contribution >= 0.6 is 11.6 Å². The van der Waals surface area contributed by atoms with Gasteiger partial charge in [-0.2, -0.15) is 0 Å². The van der Waals surface area contributed by atoms with Gasteiger partial charge >= 0.3 is 11.9 Å². The third-order valence-corrected chi connectivity index (χ3v) is 3.90. The van der Waals surface area contributed by atoms with E-state index in [0.717, 1.165) is 11.3 Å². The van der Waals surface area contributed by atoms with Crippen LogP contribution in [0.25, 0.3) is 0 Å². The summed E-state index contributed by atoms with van der Waals surface area (Å²) in [7, 11) is 1.26. The largest absolute Gasteiger partial charge is 0.492 e. The third-order valence-electron chi connectivity index (χ3n) is 3.67. The van der Waals surface area contributed by atoms with Crippen molar-refractivity contribution in [2.75, 3.05) is 13.7 Å². The first-order valence-electron chi connectivity index (χ1n) is 7.31. The summed E-state index contributed by atoms with van der Waals surface area (Å²) in [6.45, 7) is 0.188. The van der Waals surface area contributed by atoms with Crippen LogP contribution in [-0.4, -0.2) is 25.7 Å². The Kier molecular flexibility index (Phi) is 4.76. The minimum absolute atomic E-state index is 0.0608. The second-order valence-electron chi connectivity index (χ2n) is 5.33. The highest BCUT2D eigenvalue weighted by Crippen LogP contribution is 2.30. The van der Waals surface area contributed by atoms with Crippen LogP contribution in [0.4, 0.5) is 0 Å².